The first kappa shape index (κ1) is 15.6. The highest BCUT2D eigenvalue weighted by molar-refractivity contribution is 5.72. The summed E-state index contributed by atoms with van der Waals surface area (Å²) in [6.07, 6.45) is 4.78. The van der Waals surface area contributed by atoms with Crippen LogP contribution in [-0.2, 0) is 13.6 Å². The number of nitrogens with zero attached hydrogens (tertiary/aromatic N) is 4. The molecule has 1 saturated carbocycles. The van der Waals surface area contributed by atoms with E-state index < -0.39 is 0 Å². The van der Waals surface area contributed by atoms with Gasteiger partial charge in [0.1, 0.15) is 6.07 Å². The standard InChI is InChI=1S/C17H22N4O2/c1-12-3-5-13(6-4-12)11-21-16-14(20(2)17(21)22)7-8-15(19-16)23-10-9-18/h7-8,12-13H,3-6,10-11H2,1-2H3. The van der Waals surface area contributed by atoms with E-state index in [4.69, 9.17) is 10.00 Å². The molecule has 0 radical (unpaired) electrons. The van der Waals surface area contributed by atoms with Crippen molar-refractivity contribution in [1.82, 2.24) is 14.1 Å². The number of aryl methyl sites for hydroxylation is 1. The summed E-state index contributed by atoms with van der Waals surface area (Å²) in [7, 11) is 1.77. The van der Waals surface area contributed by atoms with Crippen LogP contribution in [0.15, 0.2) is 16.9 Å². The van der Waals surface area contributed by atoms with E-state index in [0.717, 1.165) is 24.3 Å². The molecule has 0 atom stereocenters. The lowest BCUT2D eigenvalue weighted by molar-refractivity contribution is 0.264. The van der Waals surface area contributed by atoms with Gasteiger partial charge in [0.05, 0.1) is 5.52 Å². The van der Waals surface area contributed by atoms with Gasteiger partial charge < -0.3 is 4.74 Å². The number of aromatic nitrogens is 3. The van der Waals surface area contributed by atoms with Gasteiger partial charge in [-0.1, -0.05) is 19.8 Å². The van der Waals surface area contributed by atoms with Crippen LogP contribution in [0.2, 0.25) is 0 Å². The zero-order valence-corrected chi connectivity index (χ0v) is 13.7. The molecule has 0 bridgehead atoms. The van der Waals surface area contributed by atoms with Crippen molar-refractivity contribution in [3.05, 3.63) is 22.6 Å². The highest BCUT2D eigenvalue weighted by Gasteiger charge is 2.21. The summed E-state index contributed by atoms with van der Waals surface area (Å²) in [6, 6.07) is 5.46. The molecule has 1 aliphatic rings. The van der Waals surface area contributed by atoms with Crippen molar-refractivity contribution in [1.29, 1.82) is 5.26 Å². The van der Waals surface area contributed by atoms with Gasteiger partial charge in [-0.15, -0.1) is 0 Å². The molecule has 6 heteroatoms. The minimum absolute atomic E-state index is 0.0384. The van der Waals surface area contributed by atoms with Gasteiger partial charge >= 0.3 is 5.69 Å². The Morgan fingerprint density at radius 1 is 1.35 bits per heavy atom. The molecule has 0 N–H and O–H groups in total. The number of pyridine rings is 1. The van der Waals surface area contributed by atoms with Crippen LogP contribution in [-0.4, -0.2) is 20.7 Å². The van der Waals surface area contributed by atoms with Gasteiger partial charge in [0.25, 0.3) is 0 Å². The van der Waals surface area contributed by atoms with Crippen LogP contribution in [0.3, 0.4) is 0 Å². The Hall–Kier alpha value is -2.29. The van der Waals surface area contributed by atoms with Gasteiger partial charge in [0.15, 0.2) is 12.3 Å². The van der Waals surface area contributed by atoms with E-state index in [-0.39, 0.29) is 12.3 Å². The van der Waals surface area contributed by atoms with Crippen molar-refractivity contribution in [2.45, 2.75) is 39.2 Å². The molecule has 23 heavy (non-hydrogen) atoms. The Morgan fingerprint density at radius 2 is 2.09 bits per heavy atom. The highest BCUT2D eigenvalue weighted by Crippen LogP contribution is 2.29. The maximum absolute atomic E-state index is 12.5. The van der Waals surface area contributed by atoms with E-state index >= 15 is 0 Å². The molecule has 0 amide bonds. The minimum Gasteiger partial charge on any atom is -0.462 e. The van der Waals surface area contributed by atoms with Crippen molar-refractivity contribution in [2.75, 3.05) is 6.61 Å². The molecule has 122 valence electrons. The fraction of sp³-hybridized carbons (Fsp3) is 0.588. The maximum Gasteiger partial charge on any atom is 0.330 e. The lowest BCUT2D eigenvalue weighted by Gasteiger charge is -2.26. The molecular formula is C17H22N4O2. The normalized spacial score (nSPS) is 21.3. The molecule has 1 fully saturated rings. The molecule has 1 aliphatic carbocycles. The SMILES string of the molecule is CC1CCC(Cn2c(=O)n(C)c3ccc(OCC#N)nc32)CC1. The Kier molecular flexibility index (Phi) is 4.37. The largest absolute Gasteiger partial charge is 0.462 e. The summed E-state index contributed by atoms with van der Waals surface area (Å²) in [5, 5.41) is 8.62. The Labute approximate surface area is 135 Å². The van der Waals surface area contributed by atoms with E-state index in [1.54, 1.807) is 22.2 Å². The number of nitriles is 1. The fourth-order valence-electron chi connectivity index (χ4n) is 3.38. The number of hydrogen-bond donors (Lipinski definition) is 0. The smallest absolute Gasteiger partial charge is 0.330 e. The molecule has 3 rings (SSSR count). The molecule has 0 spiro atoms. The molecule has 0 aliphatic heterocycles. The average Bonchev–Trinajstić information content (AvgIpc) is 2.79. The number of fused-ring (bicyclic) bond motifs is 1. The van der Waals surface area contributed by atoms with Gasteiger partial charge in [-0.25, -0.2) is 4.79 Å². The predicted molar refractivity (Wildman–Crippen MR) is 87.2 cm³/mol. The van der Waals surface area contributed by atoms with Crippen molar-refractivity contribution >= 4 is 11.2 Å². The summed E-state index contributed by atoms with van der Waals surface area (Å²) < 4.78 is 8.66. The fourth-order valence-corrected chi connectivity index (χ4v) is 3.38. The molecule has 2 aromatic heterocycles. The van der Waals surface area contributed by atoms with Gasteiger partial charge in [0.2, 0.25) is 5.88 Å². The predicted octanol–water partition coefficient (Wildman–Crippen LogP) is 2.46. The molecule has 0 unspecified atom stereocenters. The first-order chi connectivity index (χ1) is 11.1. The van der Waals surface area contributed by atoms with Gasteiger partial charge in [-0.2, -0.15) is 10.2 Å². The van der Waals surface area contributed by atoms with Crippen LogP contribution in [0.5, 0.6) is 5.88 Å². The van der Waals surface area contributed by atoms with Crippen molar-refractivity contribution in [3.63, 3.8) is 0 Å². The van der Waals surface area contributed by atoms with E-state index in [9.17, 15) is 4.79 Å². The highest BCUT2D eigenvalue weighted by atomic mass is 16.5. The summed E-state index contributed by atoms with van der Waals surface area (Å²) in [4.78, 5) is 17.0. The third kappa shape index (κ3) is 3.09. The van der Waals surface area contributed by atoms with Crippen molar-refractivity contribution in [2.24, 2.45) is 18.9 Å². The first-order valence-electron chi connectivity index (χ1n) is 8.16. The molecule has 2 heterocycles. The second kappa shape index (κ2) is 6.45. The number of rotatable bonds is 4. The number of hydrogen-bond acceptors (Lipinski definition) is 4. The van der Waals surface area contributed by atoms with Crippen LogP contribution < -0.4 is 10.4 Å². The molecule has 6 nitrogen and oxygen atoms in total. The first-order valence-corrected chi connectivity index (χ1v) is 8.16. The quantitative estimate of drug-likeness (QED) is 0.869. The second-order valence-corrected chi connectivity index (χ2v) is 6.52. The van der Waals surface area contributed by atoms with Crippen LogP contribution in [0.1, 0.15) is 32.6 Å². The van der Waals surface area contributed by atoms with Crippen molar-refractivity contribution < 1.29 is 4.74 Å². The summed E-state index contributed by atoms with van der Waals surface area (Å²) >= 11 is 0. The lowest BCUT2D eigenvalue weighted by Crippen LogP contribution is -2.27. The van der Waals surface area contributed by atoms with Crippen molar-refractivity contribution in [3.8, 4) is 11.9 Å². The Bertz CT molecular complexity index is 791. The maximum atomic E-state index is 12.5. The summed E-state index contributed by atoms with van der Waals surface area (Å²) in [5.74, 6) is 1.70. The summed E-state index contributed by atoms with van der Waals surface area (Å²) in [6.45, 7) is 2.95. The van der Waals surface area contributed by atoms with Crippen LogP contribution >= 0.6 is 0 Å². The van der Waals surface area contributed by atoms with Crippen LogP contribution in [0, 0.1) is 23.2 Å². The molecular weight excluding hydrogens is 292 g/mol. The second-order valence-electron chi connectivity index (χ2n) is 6.52. The Balaban J connectivity index is 1.93. The van der Waals surface area contributed by atoms with Gasteiger partial charge in [-0.3, -0.25) is 9.13 Å². The summed E-state index contributed by atoms with van der Waals surface area (Å²) in [5.41, 5.74) is 1.40. The zero-order chi connectivity index (χ0) is 16.4. The van der Waals surface area contributed by atoms with Crippen LogP contribution in [0.4, 0.5) is 0 Å². The third-order valence-electron chi connectivity index (χ3n) is 4.82. The van der Waals surface area contributed by atoms with E-state index in [1.807, 2.05) is 12.1 Å². The molecule has 2 aromatic rings. The van der Waals surface area contributed by atoms with Gasteiger partial charge in [-0.05, 0) is 30.7 Å². The van der Waals surface area contributed by atoms with E-state index in [0.29, 0.717) is 24.0 Å². The zero-order valence-electron chi connectivity index (χ0n) is 13.7. The Morgan fingerprint density at radius 3 is 2.78 bits per heavy atom. The number of ether oxygens (including phenoxy) is 1. The van der Waals surface area contributed by atoms with Crippen LogP contribution in [0.25, 0.3) is 11.2 Å². The molecule has 0 saturated heterocycles. The number of imidazole rings is 1. The topological polar surface area (TPSA) is 72.8 Å². The lowest BCUT2D eigenvalue weighted by atomic mass is 9.83. The minimum atomic E-state index is -0.0455. The average molecular weight is 314 g/mol. The molecule has 0 aromatic carbocycles. The van der Waals surface area contributed by atoms with Gasteiger partial charge in [0, 0.05) is 19.7 Å². The monoisotopic (exact) mass is 314 g/mol. The van der Waals surface area contributed by atoms with E-state index in [1.165, 1.54) is 12.8 Å². The van der Waals surface area contributed by atoms with E-state index in [2.05, 4.69) is 11.9 Å². The third-order valence-corrected chi connectivity index (χ3v) is 4.82.